The van der Waals surface area contributed by atoms with Gasteiger partial charge in [0.1, 0.15) is 42.2 Å². The summed E-state index contributed by atoms with van der Waals surface area (Å²) in [5.74, 6) is -0.958. The molecule has 0 spiro atoms. The maximum Gasteiger partial charge on any atom is 0.250 e. The van der Waals surface area contributed by atoms with E-state index >= 15 is 0 Å². The Labute approximate surface area is 232 Å². The summed E-state index contributed by atoms with van der Waals surface area (Å²) in [6.45, 7) is 0.822. The Kier molecular flexibility index (Phi) is 11.7. The number of nitrogens with one attached hydrogen (secondary N) is 3. The number of carbonyl (C=O) groups is 1. The molecule has 0 bridgehead atoms. The lowest BCUT2D eigenvalue weighted by molar-refractivity contribution is -0.307. The highest BCUT2D eigenvalue weighted by Gasteiger charge is 2.52. The molecule has 2 saturated heterocycles. The third-order valence-electron chi connectivity index (χ3n) is 7.81. The van der Waals surface area contributed by atoms with Crippen molar-refractivity contribution in [1.82, 2.24) is 10.6 Å². The van der Waals surface area contributed by atoms with Crippen molar-refractivity contribution in [1.29, 1.82) is 5.53 Å². The highest BCUT2D eigenvalue weighted by Crippen LogP contribution is 2.33. The molecular weight excluding hydrogens is 534 g/mol. The van der Waals surface area contributed by atoms with Crippen molar-refractivity contribution < 1.29 is 49.3 Å². The topological polar surface area (TPSA) is 293 Å². The average Bonchev–Trinajstić information content (AvgIpc) is 2.93. The molecule has 17 nitrogen and oxygen atoms in total. The fourth-order valence-electron chi connectivity index (χ4n) is 5.41. The normalized spacial score (nSPS) is 44.0. The number of hydrogen-bond donors (Lipinski definition) is 11. The van der Waals surface area contributed by atoms with Gasteiger partial charge >= 0.3 is 0 Å². The van der Waals surface area contributed by atoms with Gasteiger partial charge in [-0.1, -0.05) is 0 Å². The summed E-state index contributed by atoms with van der Waals surface area (Å²) in [5.41, 5.74) is 23.8. The summed E-state index contributed by atoms with van der Waals surface area (Å²) in [6, 6.07) is -4.76. The van der Waals surface area contributed by atoms with Gasteiger partial charge < -0.3 is 72.3 Å². The second kappa shape index (κ2) is 14.1. The number of ether oxygens (including phenoxy) is 4. The Morgan fingerprint density at radius 3 is 2.50 bits per heavy atom. The number of aliphatic hydroxyl groups is 5. The first-order valence-corrected chi connectivity index (χ1v) is 13.4. The zero-order valence-electron chi connectivity index (χ0n) is 22.7. The molecule has 2 aliphatic heterocycles. The lowest BCUT2D eigenvalue weighted by Gasteiger charge is -2.48. The smallest absolute Gasteiger partial charge is 0.250 e. The summed E-state index contributed by atoms with van der Waals surface area (Å²) in [5, 5.41) is 61.4. The Bertz CT molecular complexity index is 844. The van der Waals surface area contributed by atoms with Crippen LogP contribution >= 0.6 is 0 Å². The summed E-state index contributed by atoms with van der Waals surface area (Å²) >= 11 is 0. The molecule has 14 atom stereocenters. The third-order valence-corrected chi connectivity index (χ3v) is 7.81. The predicted octanol–water partition coefficient (Wildman–Crippen LogP) is -5.07. The fraction of sp³-hybridized carbons (Fsp3) is 0.957. The molecule has 3 aliphatic rings. The highest BCUT2D eigenvalue weighted by atomic mass is 16.7. The average molecular weight is 580 g/mol. The van der Waals surface area contributed by atoms with Crippen molar-refractivity contribution in [2.45, 2.75) is 111 Å². The second-order valence-corrected chi connectivity index (χ2v) is 10.9. The largest absolute Gasteiger partial charge is 0.395 e. The number of nitrogens with two attached hydrogens (primary N) is 3. The van der Waals surface area contributed by atoms with E-state index in [0.717, 1.165) is 0 Å². The summed E-state index contributed by atoms with van der Waals surface area (Å²) in [4.78, 5) is 12.7. The van der Waals surface area contributed by atoms with Gasteiger partial charge in [0.05, 0.1) is 43.5 Å². The third kappa shape index (κ3) is 7.30. The van der Waals surface area contributed by atoms with Crippen molar-refractivity contribution in [2.24, 2.45) is 22.3 Å². The van der Waals surface area contributed by atoms with Gasteiger partial charge in [-0.15, -0.1) is 0 Å². The van der Waals surface area contributed by atoms with E-state index in [1.165, 1.54) is 6.92 Å². The molecule has 1 saturated carbocycles. The van der Waals surface area contributed by atoms with Crippen LogP contribution < -0.4 is 27.8 Å². The molecule has 40 heavy (non-hydrogen) atoms. The number of nitrogens with zero attached hydrogens (tertiary/aromatic N) is 1. The summed E-state index contributed by atoms with van der Waals surface area (Å²) < 4.78 is 23.5. The van der Waals surface area contributed by atoms with Crippen LogP contribution in [0.25, 0.3) is 0 Å². The Morgan fingerprint density at radius 1 is 1.23 bits per heavy atom. The first kappa shape index (κ1) is 33.1. The van der Waals surface area contributed by atoms with Crippen LogP contribution in [0.15, 0.2) is 5.11 Å². The molecule has 14 N–H and O–H groups in total. The number of hydrogen-bond acceptors (Lipinski definition) is 16. The van der Waals surface area contributed by atoms with Gasteiger partial charge in [-0.2, -0.15) is 5.11 Å². The van der Waals surface area contributed by atoms with Crippen LogP contribution in [-0.2, 0) is 23.7 Å². The Morgan fingerprint density at radius 2 is 1.90 bits per heavy atom. The van der Waals surface area contributed by atoms with E-state index in [2.05, 4.69) is 15.7 Å². The van der Waals surface area contributed by atoms with E-state index in [-0.39, 0.29) is 25.7 Å². The molecule has 6 unspecified atom stereocenters. The molecule has 1 aliphatic carbocycles. The van der Waals surface area contributed by atoms with E-state index in [1.807, 2.05) is 0 Å². The molecule has 2 heterocycles. The molecule has 0 radical (unpaired) electrons. The number of aliphatic hydroxyl groups excluding tert-OH is 4. The predicted molar refractivity (Wildman–Crippen MR) is 136 cm³/mol. The molecule has 17 heteroatoms. The quantitative estimate of drug-likeness (QED) is 0.102. The second-order valence-electron chi connectivity index (χ2n) is 10.9. The maximum absolute atomic E-state index is 12.7. The SMILES string of the molecule is CN[C@@H]1C(O)[C@@H](OC2C(O)C(O[C@H]3O[C@H](CN)CCC3N)[C@@H](N=N)C[C@H]2NC(=O)[C@@H](O)[C@H](N)CO)OCC1(C)O. The van der Waals surface area contributed by atoms with Crippen LogP contribution in [0.1, 0.15) is 26.2 Å². The summed E-state index contributed by atoms with van der Waals surface area (Å²) in [7, 11) is 1.54. The Hall–Kier alpha value is -1.45. The van der Waals surface area contributed by atoms with E-state index in [1.54, 1.807) is 7.05 Å². The van der Waals surface area contributed by atoms with Crippen molar-refractivity contribution in [3.05, 3.63) is 0 Å². The van der Waals surface area contributed by atoms with Crippen LogP contribution in [0, 0.1) is 5.53 Å². The number of carbonyl (C=O) groups excluding carboxylic acids is 1. The minimum atomic E-state index is -1.79. The van der Waals surface area contributed by atoms with Crippen molar-refractivity contribution in [3.8, 4) is 0 Å². The number of amides is 1. The van der Waals surface area contributed by atoms with Gasteiger partial charge in [-0.3, -0.25) is 4.79 Å². The first-order valence-electron chi connectivity index (χ1n) is 13.4. The Balaban J connectivity index is 1.87. The summed E-state index contributed by atoms with van der Waals surface area (Å²) in [6.07, 6.45) is -8.83. The van der Waals surface area contributed by atoms with E-state index in [9.17, 15) is 30.3 Å². The van der Waals surface area contributed by atoms with Gasteiger partial charge in [0.15, 0.2) is 12.6 Å². The van der Waals surface area contributed by atoms with Gasteiger partial charge in [0.25, 0.3) is 5.91 Å². The minimum Gasteiger partial charge on any atom is -0.395 e. The van der Waals surface area contributed by atoms with Gasteiger partial charge in [-0.25, -0.2) is 5.53 Å². The van der Waals surface area contributed by atoms with Gasteiger partial charge in [-0.05, 0) is 33.2 Å². The lowest BCUT2D eigenvalue weighted by atomic mass is 9.83. The molecule has 3 rings (SSSR count). The van der Waals surface area contributed by atoms with E-state index in [4.69, 9.17) is 41.7 Å². The molecule has 0 aromatic rings. The fourth-order valence-corrected chi connectivity index (χ4v) is 5.41. The van der Waals surface area contributed by atoms with Gasteiger partial charge in [0, 0.05) is 6.54 Å². The van der Waals surface area contributed by atoms with Crippen LogP contribution in [0.4, 0.5) is 0 Å². The van der Waals surface area contributed by atoms with Crippen molar-refractivity contribution in [3.63, 3.8) is 0 Å². The lowest BCUT2D eigenvalue weighted by Crippen LogP contribution is -2.69. The van der Waals surface area contributed by atoms with Crippen molar-refractivity contribution >= 4 is 5.91 Å². The maximum atomic E-state index is 12.7. The van der Waals surface area contributed by atoms with Crippen molar-refractivity contribution in [2.75, 3.05) is 26.8 Å². The van der Waals surface area contributed by atoms with E-state index < -0.39 is 91.4 Å². The zero-order chi connectivity index (χ0) is 29.8. The molecule has 232 valence electrons. The number of rotatable bonds is 11. The first-order chi connectivity index (χ1) is 18.9. The molecule has 0 aromatic heterocycles. The standard InChI is InChI=1S/C23H45N7O10/c1-23(36)8-37-22(16(34)19(23)28-2)40-17-12(29-20(35)14(32)11(26)7-31)5-13(30-27)18(15(17)33)39-21-10(25)4-3-9(6-24)38-21/h9-19,21-22,27-28,31-34,36H,3-8,24-26H2,1-2H3,(H,29,35)/t9-,10?,11+,12+,13-,14-,15?,16?,17?,18?,19+,21+,22+,23?/m0/s1. The van der Waals surface area contributed by atoms with Crippen LogP contribution in [0.2, 0.25) is 0 Å². The molecular formula is C23H45N7O10. The molecule has 0 aromatic carbocycles. The minimum absolute atomic E-state index is 0.0963. The molecule has 3 fully saturated rings. The number of likely N-dealkylation sites (N-methyl/N-ethyl adjacent to an activating group) is 1. The highest BCUT2D eigenvalue weighted by molar-refractivity contribution is 5.81. The monoisotopic (exact) mass is 579 g/mol. The molecule has 1 amide bonds. The van der Waals surface area contributed by atoms with Crippen LogP contribution in [-0.4, -0.2) is 143 Å². The zero-order valence-corrected chi connectivity index (χ0v) is 22.7. The van der Waals surface area contributed by atoms with Crippen LogP contribution in [0.3, 0.4) is 0 Å². The van der Waals surface area contributed by atoms with Gasteiger partial charge in [0.2, 0.25) is 0 Å². The van der Waals surface area contributed by atoms with E-state index in [0.29, 0.717) is 12.8 Å². The van der Waals surface area contributed by atoms with Crippen LogP contribution in [0.5, 0.6) is 0 Å².